The summed E-state index contributed by atoms with van der Waals surface area (Å²) in [5.41, 5.74) is 0.774. The summed E-state index contributed by atoms with van der Waals surface area (Å²) in [7, 11) is 0. The van der Waals surface area contributed by atoms with E-state index in [1.165, 1.54) is 12.8 Å². The molecule has 4 rings (SSSR count). The minimum absolute atomic E-state index is 0.00287. The number of urea groups is 1. The monoisotopic (exact) mass is 353 g/mol. The first-order valence-corrected chi connectivity index (χ1v) is 9.12. The highest BCUT2D eigenvalue weighted by Crippen LogP contribution is 2.27. The van der Waals surface area contributed by atoms with Crippen LogP contribution in [0, 0.1) is 0 Å². The maximum absolute atomic E-state index is 12.7. The molecule has 0 aliphatic carbocycles. The van der Waals surface area contributed by atoms with Gasteiger partial charge in [0.2, 0.25) is 0 Å². The van der Waals surface area contributed by atoms with E-state index in [-0.39, 0.29) is 12.1 Å². The van der Waals surface area contributed by atoms with Crippen molar-refractivity contribution in [2.24, 2.45) is 0 Å². The second-order valence-electron chi connectivity index (χ2n) is 6.66. The molecule has 7 heteroatoms. The number of rotatable bonds is 4. The average molecular weight is 353 g/mol. The molecule has 0 spiro atoms. The Morgan fingerprint density at radius 2 is 2.00 bits per heavy atom. The molecular formula is C19H23N5O2. The quantitative estimate of drug-likeness (QED) is 0.915. The number of hydrogen-bond acceptors (Lipinski definition) is 5. The van der Waals surface area contributed by atoms with Gasteiger partial charge < -0.3 is 19.9 Å². The van der Waals surface area contributed by atoms with Gasteiger partial charge >= 0.3 is 6.03 Å². The van der Waals surface area contributed by atoms with E-state index < -0.39 is 0 Å². The van der Waals surface area contributed by atoms with Gasteiger partial charge in [-0.2, -0.15) is 0 Å². The summed E-state index contributed by atoms with van der Waals surface area (Å²) in [5, 5.41) is 3.03. The fraction of sp³-hybridized carbons (Fsp3) is 0.421. The number of pyridine rings is 2. The average Bonchev–Trinajstić information content (AvgIpc) is 3.35. The van der Waals surface area contributed by atoms with Gasteiger partial charge in [-0.05, 0) is 37.1 Å². The number of ether oxygens (including phenoxy) is 1. The van der Waals surface area contributed by atoms with E-state index in [1.54, 1.807) is 23.5 Å². The number of carbonyl (C=O) groups is 1. The Morgan fingerprint density at radius 1 is 1.15 bits per heavy atom. The molecule has 2 amide bonds. The number of carbonyl (C=O) groups excluding carboxylic acids is 1. The van der Waals surface area contributed by atoms with E-state index in [9.17, 15) is 4.79 Å². The van der Waals surface area contributed by atoms with Crippen molar-refractivity contribution in [1.82, 2.24) is 14.9 Å². The summed E-state index contributed by atoms with van der Waals surface area (Å²) in [4.78, 5) is 25.2. The number of nitrogens with zero attached hydrogens (tertiary/aromatic N) is 4. The van der Waals surface area contributed by atoms with Crippen LogP contribution in [-0.4, -0.2) is 53.2 Å². The number of anilines is 2. The van der Waals surface area contributed by atoms with Crippen molar-refractivity contribution >= 4 is 17.5 Å². The summed E-state index contributed by atoms with van der Waals surface area (Å²) in [6.45, 7) is 3.23. The van der Waals surface area contributed by atoms with Gasteiger partial charge in [0.05, 0.1) is 18.4 Å². The van der Waals surface area contributed by atoms with Crippen molar-refractivity contribution in [2.75, 3.05) is 36.4 Å². The molecule has 26 heavy (non-hydrogen) atoms. The summed E-state index contributed by atoms with van der Waals surface area (Å²) in [6.07, 6.45) is 8.34. The van der Waals surface area contributed by atoms with Crippen molar-refractivity contribution in [2.45, 2.75) is 25.4 Å². The molecule has 2 saturated heterocycles. The topological polar surface area (TPSA) is 70.6 Å². The van der Waals surface area contributed by atoms with Gasteiger partial charge in [-0.3, -0.25) is 4.98 Å². The summed E-state index contributed by atoms with van der Waals surface area (Å²) in [5.74, 6) is 1.60. The molecule has 0 radical (unpaired) electrons. The van der Waals surface area contributed by atoms with E-state index in [4.69, 9.17) is 4.74 Å². The highest BCUT2D eigenvalue weighted by Gasteiger charge is 2.28. The molecule has 1 atom stereocenters. The first kappa shape index (κ1) is 16.6. The Labute approximate surface area is 153 Å². The van der Waals surface area contributed by atoms with Gasteiger partial charge in [-0.15, -0.1) is 0 Å². The molecule has 2 aromatic rings. The molecule has 0 bridgehead atoms. The van der Waals surface area contributed by atoms with Gasteiger partial charge in [-0.25, -0.2) is 9.78 Å². The van der Waals surface area contributed by atoms with Gasteiger partial charge in [-0.1, -0.05) is 0 Å². The fourth-order valence-corrected chi connectivity index (χ4v) is 3.49. The van der Waals surface area contributed by atoms with Crippen LogP contribution in [-0.2, 0) is 0 Å². The SMILES string of the molecule is O=C(Nc1cccnc1N1CCCC1)N1CC[C@@H](Oc2cccnc2)C1. The van der Waals surface area contributed by atoms with E-state index in [1.807, 2.05) is 24.3 Å². The highest BCUT2D eigenvalue weighted by molar-refractivity contribution is 5.92. The molecule has 1 N–H and O–H groups in total. The smallest absolute Gasteiger partial charge is 0.322 e. The molecule has 2 aliphatic heterocycles. The van der Waals surface area contributed by atoms with Crippen LogP contribution in [0.25, 0.3) is 0 Å². The van der Waals surface area contributed by atoms with Crippen LogP contribution >= 0.6 is 0 Å². The van der Waals surface area contributed by atoms with E-state index in [2.05, 4.69) is 20.2 Å². The fourth-order valence-electron chi connectivity index (χ4n) is 3.49. The van der Waals surface area contributed by atoms with Crippen molar-refractivity contribution < 1.29 is 9.53 Å². The Bertz CT molecular complexity index is 749. The minimum atomic E-state index is -0.101. The largest absolute Gasteiger partial charge is 0.487 e. The zero-order valence-electron chi connectivity index (χ0n) is 14.7. The number of aromatic nitrogens is 2. The lowest BCUT2D eigenvalue weighted by molar-refractivity contribution is 0.194. The van der Waals surface area contributed by atoms with Crippen molar-refractivity contribution in [3.63, 3.8) is 0 Å². The zero-order valence-corrected chi connectivity index (χ0v) is 14.7. The van der Waals surface area contributed by atoms with Crippen molar-refractivity contribution in [3.8, 4) is 5.75 Å². The Hall–Kier alpha value is -2.83. The molecule has 2 aromatic heterocycles. The molecule has 0 aromatic carbocycles. The lowest BCUT2D eigenvalue weighted by Crippen LogP contribution is -2.35. The minimum Gasteiger partial charge on any atom is -0.487 e. The van der Waals surface area contributed by atoms with Crippen LogP contribution in [0.3, 0.4) is 0 Å². The zero-order chi connectivity index (χ0) is 17.8. The molecule has 4 heterocycles. The summed E-state index contributed by atoms with van der Waals surface area (Å²) < 4.78 is 5.91. The summed E-state index contributed by atoms with van der Waals surface area (Å²) in [6, 6.07) is 7.40. The van der Waals surface area contributed by atoms with Crippen molar-refractivity contribution in [1.29, 1.82) is 0 Å². The number of nitrogens with one attached hydrogen (secondary N) is 1. The number of amides is 2. The molecule has 0 unspecified atom stereocenters. The van der Waals surface area contributed by atoms with Gasteiger partial charge in [0, 0.05) is 38.4 Å². The highest BCUT2D eigenvalue weighted by atomic mass is 16.5. The van der Waals surface area contributed by atoms with Crippen LogP contribution < -0.4 is 15.0 Å². The third kappa shape index (κ3) is 3.71. The number of likely N-dealkylation sites (tertiary alicyclic amines) is 1. The number of hydrogen-bond donors (Lipinski definition) is 1. The molecule has 0 saturated carbocycles. The van der Waals surface area contributed by atoms with E-state index in [0.717, 1.165) is 36.8 Å². The maximum Gasteiger partial charge on any atom is 0.322 e. The molecule has 7 nitrogen and oxygen atoms in total. The second-order valence-corrected chi connectivity index (χ2v) is 6.66. The van der Waals surface area contributed by atoms with Gasteiger partial charge in [0.15, 0.2) is 5.82 Å². The third-order valence-electron chi connectivity index (χ3n) is 4.80. The first-order valence-electron chi connectivity index (χ1n) is 9.12. The Morgan fingerprint density at radius 3 is 2.81 bits per heavy atom. The molecular weight excluding hydrogens is 330 g/mol. The lowest BCUT2D eigenvalue weighted by atomic mass is 10.3. The van der Waals surface area contributed by atoms with Crippen LogP contribution in [0.1, 0.15) is 19.3 Å². The second kappa shape index (κ2) is 7.59. The predicted molar refractivity (Wildman–Crippen MR) is 99.5 cm³/mol. The summed E-state index contributed by atoms with van der Waals surface area (Å²) >= 11 is 0. The Balaban J connectivity index is 1.37. The molecule has 136 valence electrons. The Kier molecular flexibility index (Phi) is 4.86. The van der Waals surface area contributed by atoms with E-state index in [0.29, 0.717) is 13.1 Å². The first-order chi connectivity index (χ1) is 12.8. The van der Waals surface area contributed by atoms with Crippen LogP contribution in [0.4, 0.5) is 16.3 Å². The maximum atomic E-state index is 12.7. The predicted octanol–water partition coefficient (Wildman–Crippen LogP) is 2.76. The standard InChI is InChI=1S/C19H23N5O2/c25-19(22-17-6-4-9-21-18(17)23-10-1-2-11-23)24-12-7-16(14-24)26-15-5-3-8-20-13-15/h3-6,8-9,13,16H,1-2,7,10-12,14H2,(H,22,25)/t16-/m1/s1. The van der Waals surface area contributed by atoms with Crippen LogP contribution in [0.2, 0.25) is 0 Å². The normalized spacial score (nSPS) is 19.6. The van der Waals surface area contributed by atoms with Crippen molar-refractivity contribution in [3.05, 3.63) is 42.9 Å². The molecule has 2 aliphatic rings. The molecule has 2 fully saturated rings. The lowest BCUT2D eigenvalue weighted by Gasteiger charge is -2.22. The van der Waals surface area contributed by atoms with Crippen LogP contribution in [0.15, 0.2) is 42.9 Å². The van der Waals surface area contributed by atoms with E-state index >= 15 is 0 Å². The van der Waals surface area contributed by atoms with Crippen LogP contribution in [0.5, 0.6) is 5.75 Å². The third-order valence-corrected chi connectivity index (χ3v) is 4.80. The van der Waals surface area contributed by atoms with Gasteiger partial charge in [0.1, 0.15) is 11.9 Å². The van der Waals surface area contributed by atoms with Gasteiger partial charge in [0.25, 0.3) is 0 Å².